The maximum Gasteiger partial charge on any atom is 0.136 e. The van der Waals surface area contributed by atoms with Gasteiger partial charge >= 0.3 is 0 Å². The van der Waals surface area contributed by atoms with Crippen LogP contribution in [-0.2, 0) is 12.8 Å². The van der Waals surface area contributed by atoms with E-state index in [0.717, 1.165) is 24.2 Å². The standard InChI is InChI=1S/C12H17N3/c1-3-11-8-15-7-10(6-9(2)13)4-5-12(15)14-11/h4-5,7-9H,3,6,13H2,1-2H3. The number of nitrogens with zero attached hydrogens (tertiary/aromatic N) is 2. The van der Waals surface area contributed by atoms with Gasteiger partial charge in [0.2, 0.25) is 0 Å². The predicted molar refractivity (Wildman–Crippen MR) is 61.9 cm³/mol. The lowest BCUT2D eigenvalue weighted by Crippen LogP contribution is -2.17. The zero-order chi connectivity index (χ0) is 10.8. The molecule has 0 radical (unpaired) electrons. The third-order valence-corrected chi connectivity index (χ3v) is 2.48. The zero-order valence-electron chi connectivity index (χ0n) is 9.27. The van der Waals surface area contributed by atoms with Gasteiger partial charge in [0.1, 0.15) is 5.65 Å². The smallest absolute Gasteiger partial charge is 0.136 e. The largest absolute Gasteiger partial charge is 0.328 e. The van der Waals surface area contributed by atoms with Gasteiger partial charge in [-0.3, -0.25) is 0 Å². The summed E-state index contributed by atoms with van der Waals surface area (Å²) >= 11 is 0. The molecule has 0 amide bonds. The molecule has 3 heteroatoms. The van der Waals surface area contributed by atoms with Crippen LogP contribution in [0, 0.1) is 0 Å². The highest BCUT2D eigenvalue weighted by molar-refractivity contribution is 5.41. The van der Waals surface area contributed by atoms with Gasteiger partial charge in [0, 0.05) is 18.4 Å². The van der Waals surface area contributed by atoms with Crippen LogP contribution < -0.4 is 5.73 Å². The molecule has 0 aromatic carbocycles. The molecule has 0 spiro atoms. The van der Waals surface area contributed by atoms with E-state index in [-0.39, 0.29) is 6.04 Å². The van der Waals surface area contributed by atoms with Crippen LogP contribution in [-0.4, -0.2) is 15.4 Å². The average molecular weight is 203 g/mol. The van der Waals surface area contributed by atoms with E-state index >= 15 is 0 Å². The lowest BCUT2D eigenvalue weighted by atomic mass is 10.1. The summed E-state index contributed by atoms with van der Waals surface area (Å²) in [5.74, 6) is 0. The van der Waals surface area contributed by atoms with Crippen LogP contribution in [0.15, 0.2) is 24.5 Å². The molecule has 0 aliphatic rings. The molecule has 1 atom stereocenters. The van der Waals surface area contributed by atoms with Gasteiger partial charge in [-0.05, 0) is 31.4 Å². The van der Waals surface area contributed by atoms with Gasteiger partial charge < -0.3 is 10.1 Å². The number of imidazole rings is 1. The van der Waals surface area contributed by atoms with Crippen molar-refractivity contribution in [1.82, 2.24) is 9.38 Å². The summed E-state index contributed by atoms with van der Waals surface area (Å²) < 4.78 is 2.08. The maximum absolute atomic E-state index is 5.77. The molecule has 0 aliphatic heterocycles. The summed E-state index contributed by atoms with van der Waals surface area (Å²) in [6.45, 7) is 4.14. The molecule has 2 aromatic rings. The highest BCUT2D eigenvalue weighted by Gasteiger charge is 2.02. The SMILES string of the molecule is CCc1cn2cc(CC(C)N)ccc2n1. The monoisotopic (exact) mass is 203 g/mol. The molecule has 1 unspecified atom stereocenters. The number of pyridine rings is 1. The topological polar surface area (TPSA) is 43.3 Å². The minimum Gasteiger partial charge on any atom is -0.328 e. The fraction of sp³-hybridized carbons (Fsp3) is 0.417. The number of nitrogens with two attached hydrogens (primary N) is 1. The third kappa shape index (κ3) is 2.18. The van der Waals surface area contributed by atoms with E-state index in [1.54, 1.807) is 0 Å². The van der Waals surface area contributed by atoms with Crippen LogP contribution in [0.1, 0.15) is 25.1 Å². The van der Waals surface area contributed by atoms with E-state index in [1.165, 1.54) is 5.56 Å². The number of hydrogen-bond acceptors (Lipinski definition) is 2. The van der Waals surface area contributed by atoms with E-state index < -0.39 is 0 Å². The molecule has 80 valence electrons. The van der Waals surface area contributed by atoms with E-state index in [2.05, 4.69) is 40.8 Å². The number of aryl methyl sites for hydroxylation is 1. The minimum atomic E-state index is 0.205. The summed E-state index contributed by atoms with van der Waals surface area (Å²) in [5, 5.41) is 0. The summed E-state index contributed by atoms with van der Waals surface area (Å²) in [7, 11) is 0. The van der Waals surface area contributed by atoms with Crippen LogP contribution >= 0.6 is 0 Å². The van der Waals surface area contributed by atoms with Gasteiger partial charge in [-0.2, -0.15) is 0 Å². The molecule has 0 saturated carbocycles. The van der Waals surface area contributed by atoms with E-state index in [0.29, 0.717) is 0 Å². The summed E-state index contributed by atoms with van der Waals surface area (Å²) in [6, 6.07) is 4.36. The minimum absolute atomic E-state index is 0.205. The van der Waals surface area contributed by atoms with Crippen molar-refractivity contribution >= 4 is 5.65 Å². The summed E-state index contributed by atoms with van der Waals surface area (Å²) in [6.07, 6.45) is 6.09. The number of rotatable bonds is 3. The first-order valence-corrected chi connectivity index (χ1v) is 5.41. The van der Waals surface area contributed by atoms with Gasteiger partial charge in [-0.15, -0.1) is 0 Å². The predicted octanol–water partition coefficient (Wildman–Crippen LogP) is 1.79. The van der Waals surface area contributed by atoms with Gasteiger partial charge in [0.15, 0.2) is 0 Å². The van der Waals surface area contributed by atoms with E-state index in [4.69, 9.17) is 5.73 Å². The fourth-order valence-electron chi connectivity index (χ4n) is 1.75. The summed E-state index contributed by atoms with van der Waals surface area (Å²) in [4.78, 5) is 4.48. The lowest BCUT2D eigenvalue weighted by Gasteiger charge is -2.05. The van der Waals surface area contributed by atoms with Gasteiger partial charge in [-0.1, -0.05) is 13.0 Å². The molecule has 2 aromatic heterocycles. The van der Waals surface area contributed by atoms with Crippen LogP contribution in [0.5, 0.6) is 0 Å². The Labute approximate surface area is 89.9 Å². The second-order valence-electron chi connectivity index (χ2n) is 4.07. The Kier molecular flexibility index (Phi) is 2.73. The Morgan fingerprint density at radius 2 is 2.20 bits per heavy atom. The van der Waals surface area contributed by atoms with Crippen molar-refractivity contribution in [3.8, 4) is 0 Å². The molecule has 0 fully saturated rings. The maximum atomic E-state index is 5.77. The Hall–Kier alpha value is -1.35. The lowest BCUT2D eigenvalue weighted by molar-refractivity contribution is 0.734. The molecule has 2 rings (SSSR count). The fourth-order valence-corrected chi connectivity index (χ4v) is 1.75. The van der Waals surface area contributed by atoms with Crippen molar-refractivity contribution in [1.29, 1.82) is 0 Å². The zero-order valence-corrected chi connectivity index (χ0v) is 9.27. The molecular weight excluding hydrogens is 186 g/mol. The molecule has 0 aliphatic carbocycles. The quantitative estimate of drug-likeness (QED) is 0.826. The highest BCUT2D eigenvalue weighted by Crippen LogP contribution is 2.09. The van der Waals surface area contributed by atoms with Crippen LogP contribution in [0.2, 0.25) is 0 Å². The second kappa shape index (κ2) is 4.03. The van der Waals surface area contributed by atoms with Crippen molar-refractivity contribution in [2.45, 2.75) is 32.7 Å². The Morgan fingerprint density at radius 3 is 2.87 bits per heavy atom. The van der Waals surface area contributed by atoms with Crippen molar-refractivity contribution < 1.29 is 0 Å². The van der Waals surface area contributed by atoms with Crippen molar-refractivity contribution in [3.63, 3.8) is 0 Å². The normalized spacial score (nSPS) is 13.3. The summed E-state index contributed by atoms with van der Waals surface area (Å²) in [5.41, 5.74) is 9.18. The Morgan fingerprint density at radius 1 is 1.40 bits per heavy atom. The molecule has 2 N–H and O–H groups in total. The van der Waals surface area contributed by atoms with E-state index in [1.807, 2.05) is 6.92 Å². The first-order chi connectivity index (χ1) is 7.19. The van der Waals surface area contributed by atoms with Gasteiger partial charge in [-0.25, -0.2) is 4.98 Å². The number of hydrogen-bond donors (Lipinski definition) is 1. The van der Waals surface area contributed by atoms with Crippen LogP contribution in [0.25, 0.3) is 5.65 Å². The second-order valence-corrected chi connectivity index (χ2v) is 4.07. The molecule has 2 heterocycles. The van der Waals surface area contributed by atoms with Gasteiger partial charge in [0.25, 0.3) is 0 Å². The first kappa shape index (κ1) is 10.2. The molecule has 0 bridgehead atoms. The molecule has 15 heavy (non-hydrogen) atoms. The number of aromatic nitrogens is 2. The first-order valence-electron chi connectivity index (χ1n) is 5.41. The van der Waals surface area contributed by atoms with Crippen LogP contribution in [0.4, 0.5) is 0 Å². The van der Waals surface area contributed by atoms with Crippen molar-refractivity contribution in [3.05, 3.63) is 35.8 Å². The molecular formula is C12H17N3. The van der Waals surface area contributed by atoms with Crippen LogP contribution in [0.3, 0.4) is 0 Å². The Bertz CT molecular complexity index is 457. The number of fused-ring (bicyclic) bond motifs is 1. The van der Waals surface area contributed by atoms with Crippen molar-refractivity contribution in [2.24, 2.45) is 5.73 Å². The highest BCUT2D eigenvalue weighted by atomic mass is 15.0. The van der Waals surface area contributed by atoms with Gasteiger partial charge in [0.05, 0.1) is 5.69 Å². The molecule has 3 nitrogen and oxygen atoms in total. The third-order valence-electron chi connectivity index (χ3n) is 2.48. The van der Waals surface area contributed by atoms with E-state index in [9.17, 15) is 0 Å². The Balaban J connectivity index is 2.37. The molecule has 0 saturated heterocycles. The van der Waals surface area contributed by atoms with Crippen molar-refractivity contribution in [2.75, 3.05) is 0 Å². The average Bonchev–Trinajstić information content (AvgIpc) is 2.58.